The van der Waals surface area contributed by atoms with E-state index in [4.69, 9.17) is 4.74 Å². The summed E-state index contributed by atoms with van der Waals surface area (Å²) in [7, 11) is 0. The van der Waals surface area contributed by atoms with E-state index in [1.165, 1.54) is 5.56 Å². The number of aryl methyl sites for hydroxylation is 1. The number of carbonyl (C=O) groups is 1. The Balaban J connectivity index is 1.55. The van der Waals surface area contributed by atoms with Gasteiger partial charge in [0.05, 0.1) is 25.1 Å². The fraction of sp³-hybridized carbons (Fsp3) is 0.368. The van der Waals surface area contributed by atoms with Gasteiger partial charge in [-0.2, -0.15) is 0 Å². The van der Waals surface area contributed by atoms with Gasteiger partial charge in [-0.1, -0.05) is 18.2 Å². The molecule has 4 rings (SSSR count). The molecule has 0 saturated carbocycles. The van der Waals surface area contributed by atoms with Crippen LogP contribution in [0, 0.1) is 0 Å². The van der Waals surface area contributed by atoms with E-state index in [0.717, 1.165) is 57.1 Å². The van der Waals surface area contributed by atoms with Crippen molar-refractivity contribution in [1.82, 2.24) is 4.98 Å². The first kappa shape index (κ1) is 15.1. The minimum atomic E-state index is -0.0179. The number of carbonyl (C=O) groups excluding carboxylic acids is 1. The number of ether oxygens (including phenoxy) is 1. The molecule has 0 bridgehead atoms. The van der Waals surface area contributed by atoms with E-state index in [1.54, 1.807) is 6.20 Å². The van der Waals surface area contributed by atoms with Crippen molar-refractivity contribution in [2.24, 2.45) is 0 Å². The third-order valence-corrected chi connectivity index (χ3v) is 4.70. The van der Waals surface area contributed by atoms with Crippen LogP contribution < -0.4 is 9.80 Å². The van der Waals surface area contributed by atoms with Gasteiger partial charge in [0.2, 0.25) is 0 Å². The van der Waals surface area contributed by atoms with Gasteiger partial charge in [0.15, 0.2) is 0 Å². The molecule has 0 radical (unpaired) electrons. The molecule has 5 nitrogen and oxygen atoms in total. The van der Waals surface area contributed by atoms with Crippen molar-refractivity contribution in [2.75, 3.05) is 42.6 Å². The molecule has 1 fully saturated rings. The lowest BCUT2D eigenvalue weighted by Crippen LogP contribution is -2.37. The highest BCUT2D eigenvalue weighted by atomic mass is 16.5. The molecule has 0 atom stereocenters. The van der Waals surface area contributed by atoms with E-state index >= 15 is 0 Å². The number of morpholine rings is 1. The summed E-state index contributed by atoms with van der Waals surface area (Å²) in [6.07, 6.45) is 3.83. The quantitative estimate of drug-likeness (QED) is 0.852. The molecular weight excluding hydrogens is 302 g/mol. The van der Waals surface area contributed by atoms with E-state index in [-0.39, 0.29) is 5.91 Å². The Morgan fingerprint density at radius 2 is 1.88 bits per heavy atom. The Morgan fingerprint density at radius 1 is 1.04 bits per heavy atom. The minimum Gasteiger partial charge on any atom is -0.378 e. The van der Waals surface area contributed by atoms with Crippen LogP contribution in [-0.2, 0) is 11.2 Å². The van der Waals surface area contributed by atoms with Crippen molar-refractivity contribution in [3.63, 3.8) is 0 Å². The average molecular weight is 323 g/mol. The molecule has 0 spiro atoms. The first-order valence-electron chi connectivity index (χ1n) is 8.51. The number of nitrogens with zero attached hydrogens (tertiary/aromatic N) is 3. The smallest absolute Gasteiger partial charge is 0.276 e. The summed E-state index contributed by atoms with van der Waals surface area (Å²) < 4.78 is 5.37. The summed E-state index contributed by atoms with van der Waals surface area (Å²) in [5, 5.41) is 0. The monoisotopic (exact) mass is 323 g/mol. The maximum atomic E-state index is 12.9. The van der Waals surface area contributed by atoms with Crippen molar-refractivity contribution in [3.05, 3.63) is 53.9 Å². The summed E-state index contributed by atoms with van der Waals surface area (Å²) >= 11 is 0. The number of hydrogen-bond acceptors (Lipinski definition) is 4. The number of fused-ring (bicyclic) bond motifs is 1. The first-order chi connectivity index (χ1) is 11.8. The van der Waals surface area contributed by atoms with Crippen LogP contribution in [0.5, 0.6) is 0 Å². The normalized spacial score (nSPS) is 17.5. The third kappa shape index (κ3) is 2.87. The summed E-state index contributed by atoms with van der Waals surface area (Å²) in [5.74, 6) is -0.0179. The number of amides is 1. The van der Waals surface area contributed by atoms with E-state index < -0.39 is 0 Å². The van der Waals surface area contributed by atoms with Crippen molar-refractivity contribution in [1.29, 1.82) is 0 Å². The molecule has 0 aliphatic carbocycles. The Morgan fingerprint density at radius 3 is 2.67 bits per heavy atom. The Hall–Kier alpha value is -2.40. The molecule has 1 amide bonds. The zero-order valence-electron chi connectivity index (χ0n) is 13.6. The van der Waals surface area contributed by atoms with Crippen LogP contribution in [0.1, 0.15) is 22.5 Å². The molecular formula is C19H21N3O2. The second-order valence-electron chi connectivity index (χ2n) is 6.19. The number of anilines is 2. The SMILES string of the molecule is O=C(c1ccc(N2CCOCC2)cn1)N1CCCc2ccccc21. The van der Waals surface area contributed by atoms with Gasteiger partial charge in [-0.3, -0.25) is 4.79 Å². The lowest BCUT2D eigenvalue weighted by molar-refractivity contribution is 0.0980. The molecule has 2 aliphatic heterocycles. The van der Waals surface area contributed by atoms with Crippen molar-refractivity contribution in [3.8, 4) is 0 Å². The van der Waals surface area contributed by atoms with Crippen molar-refractivity contribution in [2.45, 2.75) is 12.8 Å². The van der Waals surface area contributed by atoms with Crippen LogP contribution in [0.15, 0.2) is 42.6 Å². The second kappa shape index (κ2) is 6.61. The number of rotatable bonds is 2. The number of pyridine rings is 1. The van der Waals surface area contributed by atoms with Crippen LogP contribution in [-0.4, -0.2) is 43.7 Å². The molecule has 0 unspecified atom stereocenters. The average Bonchev–Trinajstić information content (AvgIpc) is 2.68. The topological polar surface area (TPSA) is 45.7 Å². The van der Waals surface area contributed by atoms with E-state index in [0.29, 0.717) is 5.69 Å². The first-order valence-corrected chi connectivity index (χ1v) is 8.51. The van der Waals surface area contributed by atoms with E-state index in [1.807, 2.05) is 35.2 Å². The summed E-state index contributed by atoms with van der Waals surface area (Å²) in [4.78, 5) is 21.4. The Labute approximate surface area is 141 Å². The summed E-state index contributed by atoms with van der Waals surface area (Å²) in [6, 6.07) is 12.0. The highest BCUT2D eigenvalue weighted by Crippen LogP contribution is 2.28. The lowest BCUT2D eigenvalue weighted by Gasteiger charge is -2.30. The summed E-state index contributed by atoms with van der Waals surface area (Å²) in [5.41, 5.74) is 3.81. The standard InChI is InChI=1S/C19H21N3O2/c23-19(22-9-3-5-15-4-1-2-6-18(15)22)17-8-7-16(14-20-17)21-10-12-24-13-11-21/h1-2,4,6-8,14H,3,5,9-13H2. The molecule has 2 aromatic rings. The van der Waals surface area contributed by atoms with Gasteiger partial charge in [-0.05, 0) is 36.6 Å². The van der Waals surface area contributed by atoms with Crippen LogP contribution in [0.25, 0.3) is 0 Å². The van der Waals surface area contributed by atoms with Gasteiger partial charge in [-0.15, -0.1) is 0 Å². The molecule has 2 aliphatic rings. The van der Waals surface area contributed by atoms with Gasteiger partial charge < -0.3 is 14.5 Å². The third-order valence-electron chi connectivity index (χ3n) is 4.70. The van der Waals surface area contributed by atoms with Gasteiger partial charge >= 0.3 is 0 Å². The van der Waals surface area contributed by atoms with E-state index in [9.17, 15) is 4.79 Å². The lowest BCUT2D eigenvalue weighted by atomic mass is 10.0. The number of benzene rings is 1. The molecule has 1 aromatic heterocycles. The fourth-order valence-corrected chi connectivity index (χ4v) is 3.40. The maximum absolute atomic E-state index is 12.9. The number of aromatic nitrogens is 1. The molecule has 1 saturated heterocycles. The number of para-hydroxylation sites is 1. The van der Waals surface area contributed by atoms with Gasteiger partial charge in [0.1, 0.15) is 5.69 Å². The number of hydrogen-bond donors (Lipinski definition) is 0. The van der Waals surface area contributed by atoms with E-state index in [2.05, 4.69) is 16.0 Å². The Bertz CT molecular complexity index is 724. The maximum Gasteiger partial charge on any atom is 0.276 e. The summed E-state index contributed by atoms with van der Waals surface area (Å²) in [6.45, 7) is 3.97. The zero-order chi connectivity index (χ0) is 16.4. The van der Waals surface area contributed by atoms with Crippen molar-refractivity contribution >= 4 is 17.3 Å². The predicted octanol–water partition coefficient (Wildman–Crippen LogP) is 2.51. The molecule has 5 heteroatoms. The van der Waals surface area contributed by atoms with Gasteiger partial charge in [0, 0.05) is 25.3 Å². The van der Waals surface area contributed by atoms with Crippen LogP contribution >= 0.6 is 0 Å². The molecule has 124 valence electrons. The zero-order valence-corrected chi connectivity index (χ0v) is 13.6. The van der Waals surface area contributed by atoms with Gasteiger partial charge in [0.25, 0.3) is 5.91 Å². The highest BCUT2D eigenvalue weighted by Gasteiger charge is 2.24. The molecule has 1 aromatic carbocycles. The predicted molar refractivity (Wildman–Crippen MR) is 93.7 cm³/mol. The van der Waals surface area contributed by atoms with Crippen LogP contribution in [0.3, 0.4) is 0 Å². The highest BCUT2D eigenvalue weighted by molar-refractivity contribution is 6.05. The fourth-order valence-electron chi connectivity index (χ4n) is 3.40. The van der Waals surface area contributed by atoms with Gasteiger partial charge in [-0.25, -0.2) is 4.98 Å². The van der Waals surface area contributed by atoms with Crippen LogP contribution in [0.2, 0.25) is 0 Å². The molecule has 24 heavy (non-hydrogen) atoms. The Kier molecular flexibility index (Phi) is 4.17. The second-order valence-corrected chi connectivity index (χ2v) is 6.19. The van der Waals surface area contributed by atoms with Crippen molar-refractivity contribution < 1.29 is 9.53 Å². The molecule has 0 N–H and O–H groups in total. The molecule has 3 heterocycles. The van der Waals surface area contributed by atoms with Crippen LogP contribution in [0.4, 0.5) is 11.4 Å². The minimum absolute atomic E-state index is 0.0179. The largest absolute Gasteiger partial charge is 0.378 e.